The van der Waals surface area contributed by atoms with E-state index in [-0.39, 0.29) is 40.4 Å². The van der Waals surface area contributed by atoms with Crippen LogP contribution in [0.5, 0.6) is 0 Å². The van der Waals surface area contributed by atoms with Crippen LogP contribution in [-0.4, -0.2) is 60.9 Å². The van der Waals surface area contributed by atoms with Gasteiger partial charge in [0.1, 0.15) is 11.4 Å². The van der Waals surface area contributed by atoms with Crippen molar-refractivity contribution in [3.05, 3.63) is 40.5 Å². The summed E-state index contributed by atoms with van der Waals surface area (Å²) in [6, 6.07) is 5.93. The number of nitrogens with zero attached hydrogens (tertiary/aromatic N) is 4. The lowest BCUT2D eigenvalue weighted by Crippen LogP contribution is -2.51. The largest absolute Gasteiger partial charge is 0.420 e. The predicted molar refractivity (Wildman–Crippen MR) is 141 cm³/mol. The Morgan fingerprint density at radius 3 is 2.69 bits per heavy atom. The molecule has 2 saturated heterocycles. The molecular weight excluding hydrogens is 553 g/mol. The van der Waals surface area contributed by atoms with Gasteiger partial charge in [-0.1, -0.05) is 6.92 Å². The van der Waals surface area contributed by atoms with E-state index in [1.807, 2.05) is 19.1 Å². The number of alkyl halides is 3. The molecule has 14 heteroatoms. The third-order valence-electron chi connectivity index (χ3n) is 7.24. The summed E-state index contributed by atoms with van der Waals surface area (Å²) in [7, 11) is -3.67. The minimum Gasteiger partial charge on any atom is -0.375 e. The highest BCUT2D eigenvalue weighted by atomic mass is 32.2. The number of aromatic nitrogens is 3. The van der Waals surface area contributed by atoms with Crippen LogP contribution in [0.2, 0.25) is 0 Å². The van der Waals surface area contributed by atoms with Crippen molar-refractivity contribution in [1.29, 1.82) is 0 Å². The monoisotopic (exact) mass is 580 g/mol. The second kappa shape index (κ2) is 9.98. The predicted octanol–water partition coefficient (Wildman–Crippen LogP) is 4.17. The van der Waals surface area contributed by atoms with Gasteiger partial charge in [-0.3, -0.25) is 0 Å². The van der Waals surface area contributed by atoms with Crippen molar-refractivity contribution in [2.45, 2.75) is 55.9 Å². The molecule has 3 aromatic heterocycles. The number of hydrogen-bond donors (Lipinski definition) is 2. The Bertz CT molecular complexity index is 1500. The number of sulfone groups is 1. The Labute approximate surface area is 227 Å². The van der Waals surface area contributed by atoms with Crippen LogP contribution in [0.3, 0.4) is 0 Å². The standard InChI is InChI=1S/C25H27F3N6O3S2/c1-2-17-18(5-6-22(31-17)34-11-14-3-4-15(12-34)30-14)32-24-29-10-16(25(26,27)28)23(33-24)19-9-21-20(38-19)13-37-7-8-39(21,35)36/h5-6,9-10,14-15,30H,2-4,7-8,11-13H2,1H3,(H,29,32,33)/t14-,15+. The van der Waals surface area contributed by atoms with Crippen molar-refractivity contribution in [1.82, 2.24) is 20.3 Å². The molecule has 6 rings (SSSR count). The maximum Gasteiger partial charge on any atom is 0.420 e. The number of aryl methyl sites for hydroxylation is 1. The average Bonchev–Trinajstić information content (AvgIpc) is 3.45. The number of fused-ring (bicyclic) bond motifs is 3. The molecule has 3 aliphatic rings. The molecule has 0 saturated carbocycles. The smallest absolute Gasteiger partial charge is 0.375 e. The van der Waals surface area contributed by atoms with Gasteiger partial charge in [0.05, 0.1) is 45.8 Å². The number of halogens is 3. The summed E-state index contributed by atoms with van der Waals surface area (Å²) in [4.78, 5) is 15.7. The Morgan fingerprint density at radius 1 is 1.21 bits per heavy atom. The highest BCUT2D eigenvalue weighted by Crippen LogP contribution is 2.42. The minimum atomic E-state index is -4.73. The van der Waals surface area contributed by atoms with Gasteiger partial charge in [-0.2, -0.15) is 13.2 Å². The normalized spacial score (nSPS) is 22.4. The van der Waals surface area contributed by atoms with Crippen molar-refractivity contribution < 1.29 is 26.3 Å². The third kappa shape index (κ3) is 5.22. The summed E-state index contributed by atoms with van der Waals surface area (Å²) in [6.07, 6.45) is -1.10. The van der Waals surface area contributed by atoms with Crippen LogP contribution in [0.15, 0.2) is 29.3 Å². The molecule has 2 bridgehead atoms. The number of thiophene rings is 1. The molecule has 9 nitrogen and oxygen atoms in total. The minimum absolute atomic E-state index is 0.00402. The lowest BCUT2D eigenvalue weighted by atomic mass is 10.2. The highest BCUT2D eigenvalue weighted by Gasteiger charge is 2.37. The molecule has 0 unspecified atom stereocenters. The molecule has 6 heterocycles. The number of piperazine rings is 1. The Balaban J connectivity index is 1.33. The zero-order chi connectivity index (χ0) is 27.4. The molecule has 3 aliphatic heterocycles. The van der Waals surface area contributed by atoms with Gasteiger partial charge >= 0.3 is 6.18 Å². The Morgan fingerprint density at radius 2 is 1.97 bits per heavy atom. The molecule has 3 aromatic rings. The molecular formula is C25H27F3N6O3S2. The summed E-state index contributed by atoms with van der Waals surface area (Å²) in [6.45, 7) is 3.78. The second-order valence-corrected chi connectivity index (χ2v) is 13.1. The molecule has 208 valence electrons. The van der Waals surface area contributed by atoms with Crippen molar-refractivity contribution in [3.63, 3.8) is 0 Å². The van der Waals surface area contributed by atoms with Gasteiger partial charge in [-0.05, 0) is 37.5 Å². The average molecular weight is 581 g/mol. The van der Waals surface area contributed by atoms with Crippen LogP contribution < -0.4 is 15.5 Å². The van der Waals surface area contributed by atoms with E-state index in [2.05, 4.69) is 25.5 Å². The summed E-state index contributed by atoms with van der Waals surface area (Å²) in [5.41, 5.74) is -0.0787. The Hall–Kier alpha value is -2.81. The van der Waals surface area contributed by atoms with E-state index in [1.165, 1.54) is 6.07 Å². The fourth-order valence-electron chi connectivity index (χ4n) is 5.33. The number of rotatable bonds is 5. The first kappa shape index (κ1) is 26.4. The summed E-state index contributed by atoms with van der Waals surface area (Å²) in [5.74, 6) is 0.607. The van der Waals surface area contributed by atoms with Gasteiger partial charge in [-0.15, -0.1) is 11.3 Å². The van der Waals surface area contributed by atoms with E-state index in [4.69, 9.17) is 9.72 Å². The van der Waals surface area contributed by atoms with E-state index in [1.54, 1.807) is 0 Å². The third-order valence-corrected chi connectivity index (χ3v) is 10.2. The second-order valence-electron chi connectivity index (χ2n) is 9.91. The van der Waals surface area contributed by atoms with E-state index >= 15 is 0 Å². The number of ether oxygens (including phenoxy) is 1. The number of anilines is 3. The van der Waals surface area contributed by atoms with Gasteiger partial charge in [0.2, 0.25) is 5.95 Å². The van der Waals surface area contributed by atoms with E-state index < -0.39 is 21.6 Å². The molecule has 0 radical (unpaired) electrons. The summed E-state index contributed by atoms with van der Waals surface area (Å²) < 4.78 is 72.4. The first-order chi connectivity index (χ1) is 18.6. The highest BCUT2D eigenvalue weighted by molar-refractivity contribution is 7.91. The number of hydrogen-bond acceptors (Lipinski definition) is 10. The molecule has 2 fully saturated rings. The topological polar surface area (TPSA) is 109 Å². The van der Waals surface area contributed by atoms with Crippen molar-refractivity contribution in [3.8, 4) is 10.6 Å². The van der Waals surface area contributed by atoms with Crippen molar-refractivity contribution >= 4 is 38.6 Å². The number of pyridine rings is 1. The molecule has 0 spiro atoms. The fraction of sp³-hybridized carbons (Fsp3) is 0.480. The van der Waals surface area contributed by atoms with Gasteiger partial charge < -0.3 is 20.3 Å². The van der Waals surface area contributed by atoms with Gasteiger partial charge in [0.25, 0.3) is 0 Å². The van der Waals surface area contributed by atoms with Crippen molar-refractivity contribution in [2.75, 3.05) is 35.7 Å². The van der Waals surface area contributed by atoms with Gasteiger partial charge in [0, 0.05) is 36.2 Å². The fourth-order valence-corrected chi connectivity index (χ4v) is 8.16. The van der Waals surface area contributed by atoms with Crippen LogP contribution in [0.4, 0.5) is 30.6 Å². The van der Waals surface area contributed by atoms with Crippen LogP contribution in [0.1, 0.15) is 35.9 Å². The first-order valence-corrected chi connectivity index (χ1v) is 15.2. The molecule has 0 aromatic carbocycles. The Kier molecular flexibility index (Phi) is 6.76. The van der Waals surface area contributed by atoms with Gasteiger partial charge in [0.15, 0.2) is 9.84 Å². The van der Waals surface area contributed by atoms with Crippen LogP contribution >= 0.6 is 11.3 Å². The molecule has 2 atom stereocenters. The van der Waals surface area contributed by atoms with Crippen LogP contribution in [0, 0.1) is 0 Å². The van der Waals surface area contributed by atoms with E-state index in [0.717, 1.165) is 55.0 Å². The number of nitrogens with one attached hydrogen (secondary N) is 2. The molecule has 2 N–H and O–H groups in total. The van der Waals surface area contributed by atoms with Crippen molar-refractivity contribution in [2.24, 2.45) is 0 Å². The van der Waals surface area contributed by atoms with Crippen LogP contribution in [0.25, 0.3) is 10.6 Å². The first-order valence-electron chi connectivity index (χ1n) is 12.8. The SMILES string of the molecule is CCc1nc(N2C[C@H]3CC[C@@H](C2)N3)ccc1Nc1ncc(C(F)(F)F)c(-c2cc3c(s2)COCCS3(=O)=O)n1. The quantitative estimate of drug-likeness (QED) is 0.460. The van der Waals surface area contributed by atoms with Crippen LogP contribution in [-0.2, 0) is 33.8 Å². The zero-order valence-corrected chi connectivity index (χ0v) is 22.7. The summed E-state index contributed by atoms with van der Waals surface area (Å²) in [5, 5.41) is 6.64. The summed E-state index contributed by atoms with van der Waals surface area (Å²) >= 11 is 0.935. The molecule has 0 amide bonds. The van der Waals surface area contributed by atoms with E-state index in [9.17, 15) is 21.6 Å². The molecule has 0 aliphatic carbocycles. The lowest BCUT2D eigenvalue weighted by Gasteiger charge is -2.34. The maximum atomic E-state index is 13.9. The maximum absolute atomic E-state index is 13.9. The van der Waals surface area contributed by atoms with E-state index in [0.29, 0.717) is 29.1 Å². The van der Waals surface area contributed by atoms with Gasteiger partial charge in [-0.25, -0.2) is 23.4 Å². The zero-order valence-electron chi connectivity index (χ0n) is 21.1. The lowest BCUT2D eigenvalue weighted by molar-refractivity contribution is -0.137. The molecule has 39 heavy (non-hydrogen) atoms.